The zero-order valence-corrected chi connectivity index (χ0v) is 15.7. The second kappa shape index (κ2) is 6.93. The third kappa shape index (κ3) is 3.42. The maximum Gasteiger partial charge on any atom is 0.573 e. The highest BCUT2D eigenvalue weighted by Crippen LogP contribution is 2.51. The van der Waals surface area contributed by atoms with E-state index in [1.807, 2.05) is 18.9 Å². The lowest BCUT2D eigenvalue weighted by Crippen LogP contribution is -2.63. The largest absolute Gasteiger partial charge is 0.573 e. The van der Waals surface area contributed by atoms with Gasteiger partial charge in [-0.05, 0) is 30.8 Å². The van der Waals surface area contributed by atoms with Gasteiger partial charge >= 0.3 is 6.36 Å². The Hall–Kier alpha value is -2.32. The van der Waals surface area contributed by atoms with Crippen molar-refractivity contribution >= 4 is 0 Å². The first-order chi connectivity index (χ1) is 13.0. The highest BCUT2D eigenvalue weighted by Gasteiger charge is 2.56. The van der Waals surface area contributed by atoms with E-state index in [0.29, 0.717) is 13.1 Å². The van der Waals surface area contributed by atoms with E-state index in [2.05, 4.69) is 4.74 Å². The number of hydrogen-bond donors (Lipinski definition) is 1. The van der Waals surface area contributed by atoms with E-state index in [9.17, 15) is 18.3 Å². The maximum absolute atomic E-state index is 15.1. The van der Waals surface area contributed by atoms with Crippen LogP contribution in [0.1, 0.15) is 18.1 Å². The van der Waals surface area contributed by atoms with Crippen LogP contribution in [0, 0.1) is 11.2 Å². The molecular weight excluding hydrogens is 378 g/mol. The van der Waals surface area contributed by atoms with Gasteiger partial charge < -0.3 is 19.5 Å². The molecular formula is C20H21F4NO3. The zero-order valence-electron chi connectivity index (χ0n) is 15.7. The Morgan fingerprint density at radius 2 is 1.68 bits per heavy atom. The molecule has 0 aliphatic carbocycles. The molecule has 1 atom stereocenters. The van der Waals surface area contributed by atoms with Gasteiger partial charge in [0.2, 0.25) is 0 Å². The van der Waals surface area contributed by atoms with Crippen LogP contribution in [0.15, 0.2) is 42.5 Å². The Balaban J connectivity index is 2.11. The zero-order chi connectivity index (χ0) is 20.7. The molecule has 1 fully saturated rings. The molecule has 1 aliphatic rings. The third-order valence-electron chi connectivity index (χ3n) is 5.19. The average molecular weight is 399 g/mol. The molecule has 0 bridgehead atoms. The Morgan fingerprint density at radius 1 is 1.07 bits per heavy atom. The number of aliphatic hydroxyl groups is 1. The molecule has 2 aromatic rings. The smallest absolute Gasteiger partial charge is 0.494 e. The predicted octanol–water partition coefficient (Wildman–Crippen LogP) is 3.92. The summed E-state index contributed by atoms with van der Waals surface area (Å²) in [5.41, 5.74) is -2.27. The number of hydrogen-bond acceptors (Lipinski definition) is 4. The molecule has 1 saturated heterocycles. The van der Waals surface area contributed by atoms with Gasteiger partial charge in [-0.15, -0.1) is 13.2 Å². The summed E-state index contributed by atoms with van der Waals surface area (Å²) in [6.07, 6.45) is -4.82. The fourth-order valence-corrected chi connectivity index (χ4v) is 4.05. The van der Waals surface area contributed by atoms with Gasteiger partial charge in [-0.3, -0.25) is 0 Å². The molecule has 0 saturated carbocycles. The van der Waals surface area contributed by atoms with Gasteiger partial charge in [-0.1, -0.05) is 31.2 Å². The van der Waals surface area contributed by atoms with Crippen molar-refractivity contribution in [2.24, 2.45) is 5.41 Å². The Labute approximate surface area is 160 Å². The van der Waals surface area contributed by atoms with Crippen molar-refractivity contribution in [3.8, 4) is 11.5 Å². The first kappa shape index (κ1) is 20.4. The van der Waals surface area contributed by atoms with E-state index < -0.39 is 28.9 Å². The average Bonchev–Trinajstić information content (AvgIpc) is 2.59. The lowest BCUT2D eigenvalue weighted by atomic mass is 9.62. The first-order valence-electron chi connectivity index (χ1n) is 8.60. The van der Waals surface area contributed by atoms with Crippen molar-refractivity contribution in [1.82, 2.24) is 4.90 Å². The number of alkyl halides is 3. The van der Waals surface area contributed by atoms with Crippen molar-refractivity contribution in [3.05, 3.63) is 59.4 Å². The van der Waals surface area contributed by atoms with Crippen molar-refractivity contribution in [1.29, 1.82) is 0 Å². The molecule has 3 rings (SSSR count). The highest BCUT2D eigenvalue weighted by molar-refractivity contribution is 5.45. The molecule has 152 valence electrons. The van der Waals surface area contributed by atoms with Gasteiger partial charge in [-0.25, -0.2) is 4.39 Å². The number of likely N-dealkylation sites (tertiary alicyclic amines) is 1. The van der Waals surface area contributed by atoms with Crippen LogP contribution in [0.3, 0.4) is 0 Å². The van der Waals surface area contributed by atoms with Gasteiger partial charge in [0.05, 0.1) is 7.11 Å². The molecule has 1 N–H and O–H groups in total. The summed E-state index contributed by atoms with van der Waals surface area (Å²) < 4.78 is 61.3. The summed E-state index contributed by atoms with van der Waals surface area (Å²) in [5, 5.41) is 11.8. The minimum Gasteiger partial charge on any atom is -0.494 e. The van der Waals surface area contributed by atoms with Crippen LogP contribution in [0.4, 0.5) is 17.6 Å². The van der Waals surface area contributed by atoms with E-state index in [1.54, 1.807) is 6.07 Å². The summed E-state index contributed by atoms with van der Waals surface area (Å²) in [6, 6.07) is 9.33. The second-order valence-corrected chi connectivity index (χ2v) is 7.34. The summed E-state index contributed by atoms with van der Waals surface area (Å²) in [7, 11) is 3.19. The molecule has 8 heteroatoms. The van der Waals surface area contributed by atoms with Gasteiger partial charge in [0.15, 0.2) is 11.6 Å². The minimum absolute atomic E-state index is 0.00643. The van der Waals surface area contributed by atoms with Crippen LogP contribution < -0.4 is 9.47 Å². The van der Waals surface area contributed by atoms with E-state index >= 15 is 4.39 Å². The molecule has 1 heterocycles. The van der Waals surface area contributed by atoms with E-state index in [4.69, 9.17) is 4.74 Å². The minimum atomic E-state index is -4.82. The first-order valence-corrected chi connectivity index (χ1v) is 8.60. The molecule has 0 amide bonds. The molecule has 1 aliphatic heterocycles. The third-order valence-corrected chi connectivity index (χ3v) is 5.19. The normalized spacial score (nSPS) is 18.9. The fraction of sp³-hybridized carbons (Fsp3) is 0.400. The van der Waals surface area contributed by atoms with Crippen molar-refractivity contribution in [2.45, 2.75) is 18.9 Å². The van der Waals surface area contributed by atoms with Crippen LogP contribution in [-0.4, -0.2) is 43.6 Å². The molecule has 4 nitrogen and oxygen atoms in total. The highest BCUT2D eigenvalue weighted by atomic mass is 19.4. The SMILES string of the molecule is COc1cccc([C@@](O)(c2ccc(OC(F)(F)F)cc2)C2(C)CN(C)C2)c1F. The number of halogens is 4. The summed E-state index contributed by atoms with van der Waals surface area (Å²) in [4.78, 5) is 1.96. The van der Waals surface area contributed by atoms with E-state index in [1.165, 1.54) is 31.4 Å². The quantitative estimate of drug-likeness (QED) is 0.774. The number of benzene rings is 2. The molecule has 0 radical (unpaired) electrons. The molecule has 0 unspecified atom stereocenters. The van der Waals surface area contributed by atoms with Gasteiger partial charge in [0.1, 0.15) is 11.4 Å². The molecule has 2 aromatic carbocycles. The molecule has 0 aromatic heterocycles. The van der Waals surface area contributed by atoms with Crippen molar-refractivity contribution in [2.75, 3.05) is 27.2 Å². The second-order valence-electron chi connectivity index (χ2n) is 7.34. The van der Waals surface area contributed by atoms with Crippen LogP contribution in [0.5, 0.6) is 11.5 Å². The standard InChI is InChI=1S/C20H21F4NO3/c1-18(11-25(2)12-18)19(26,15-5-4-6-16(27-3)17(15)21)13-7-9-14(10-8-13)28-20(22,23)24/h4-10,26H,11-12H2,1-3H3/t19-/m0/s1. The fourth-order valence-electron chi connectivity index (χ4n) is 4.05. The van der Waals surface area contributed by atoms with E-state index in [0.717, 1.165) is 12.1 Å². The van der Waals surface area contributed by atoms with Crippen LogP contribution >= 0.6 is 0 Å². The Morgan fingerprint density at radius 3 is 2.18 bits per heavy atom. The Kier molecular flexibility index (Phi) is 5.05. The van der Waals surface area contributed by atoms with Crippen LogP contribution in [0.2, 0.25) is 0 Å². The molecule has 28 heavy (non-hydrogen) atoms. The van der Waals surface area contributed by atoms with E-state index in [-0.39, 0.29) is 16.9 Å². The van der Waals surface area contributed by atoms with Crippen molar-refractivity contribution in [3.63, 3.8) is 0 Å². The summed E-state index contributed by atoms with van der Waals surface area (Å²) in [6.45, 7) is 2.76. The summed E-state index contributed by atoms with van der Waals surface area (Å²) >= 11 is 0. The van der Waals surface area contributed by atoms with Crippen LogP contribution in [0.25, 0.3) is 0 Å². The monoisotopic (exact) mass is 399 g/mol. The number of rotatable bonds is 5. The van der Waals surface area contributed by atoms with Gasteiger partial charge in [0, 0.05) is 24.1 Å². The van der Waals surface area contributed by atoms with Gasteiger partial charge in [-0.2, -0.15) is 0 Å². The van der Waals surface area contributed by atoms with Crippen LogP contribution in [-0.2, 0) is 5.60 Å². The maximum atomic E-state index is 15.1. The lowest BCUT2D eigenvalue weighted by molar-refractivity contribution is -0.274. The van der Waals surface area contributed by atoms with Gasteiger partial charge in [0.25, 0.3) is 0 Å². The van der Waals surface area contributed by atoms with Crippen molar-refractivity contribution < 1.29 is 32.1 Å². The number of methoxy groups -OCH3 is 1. The topological polar surface area (TPSA) is 41.9 Å². The predicted molar refractivity (Wildman–Crippen MR) is 94.7 cm³/mol. The number of nitrogens with zero attached hydrogens (tertiary/aromatic N) is 1. The number of ether oxygens (including phenoxy) is 2. The Bertz CT molecular complexity index is 848. The molecule has 0 spiro atoms. The summed E-state index contributed by atoms with van der Waals surface area (Å²) in [5.74, 6) is -1.15. The lowest BCUT2D eigenvalue weighted by Gasteiger charge is -2.56.